The van der Waals surface area contributed by atoms with Gasteiger partial charge in [-0.05, 0) is 30.7 Å². The molecule has 0 saturated heterocycles. The number of rotatable bonds is 9. The van der Waals surface area contributed by atoms with Crippen molar-refractivity contribution in [1.29, 1.82) is 0 Å². The van der Waals surface area contributed by atoms with E-state index >= 15 is 0 Å². The lowest BCUT2D eigenvalue weighted by Crippen LogP contribution is -2.41. The van der Waals surface area contributed by atoms with Gasteiger partial charge in [-0.15, -0.1) is 0 Å². The molecule has 3 rings (SSSR count). The lowest BCUT2D eigenvalue weighted by atomic mass is 10.1. The van der Waals surface area contributed by atoms with Crippen molar-refractivity contribution in [3.63, 3.8) is 0 Å². The number of hydrogen-bond acceptors (Lipinski definition) is 9. The number of aromatic nitrogens is 2. The standard InChI is InChI=1S/C19H24N8O5/c20-13(28)6-5-12(18(31)32)25-16(29)9-1-3-10(4-2-9)22-7-11-8-23-15-14(24-11)17(30)27-19(21)26-15/h1-4,11-12,22,24H,5-8H2,(H2,20,28)(H,25,29)(H,31,32)(H4,21,23,26,27,30)/t11-,12-/m0/s1. The van der Waals surface area contributed by atoms with Gasteiger partial charge in [-0.25, -0.2) is 4.79 Å². The molecule has 0 radical (unpaired) electrons. The fourth-order valence-electron chi connectivity index (χ4n) is 3.12. The Morgan fingerprint density at radius 1 is 1.25 bits per heavy atom. The minimum Gasteiger partial charge on any atom is -0.480 e. The van der Waals surface area contributed by atoms with Crippen molar-refractivity contribution in [2.45, 2.75) is 24.9 Å². The van der Waals surface area contributed by atoms with Gasteiger partial charge in [0.2, 0.25) is 11.9 Å². The zero-order valence-electron chi connectivity index (χ0n) is 17.0. The van der Waals surface area contributed by atoms with Crippen LogP contribution in [0.4, 0.5) is 23.1 Å². The van der Waals surface area contributed by atoms with Crippen molar-refractivity contribution in [2.75, 3.05) is 34.8 Å². The molecule has 2 aromatic rings. The average molecular weight is 444 g/mol. The Kier molecular flexibility index (Phi) is 6.77. The van der Waals surface area contributed by atoms with Crippen molar-refractivity contribution in [3.8, 4) is 0 Å². The summed E-state index contributed by atoms with van der Waals surface area (Å²) < 4.78 is 0. The predicted molar refractivity (Wildman–Crippen MR) is 117 cm³/mol. The molecule has 0 bridgehead atoms. The number of carboxylic acids is 1. The third-order valence-corrected chi connectivity index (χ3v) is 4.78. The number of nitrogens with one attached hydrogen (secondary N) is 5. The molecule has 32 heavy (non-hydrogen) atoms. The van der Waals surface area contributed by atoms with E-state index in [1.54, 1.807) is 24.3 Å². The summed E-state index contributed by atoms with van der Waals surface area (Å²) in [5.41, 5.74) is 11.5. The van der Waals surface area contributed by atoms with Gasteiger partial charge in [0.15, 0.2) is 5.82 Å². The average Bonchev–Trinajstić information content (AvgIpc) is 2.75. The number of hydrogen-bond donors (Lipinski definition) is 8. The van der Waals surface area contributed by atoms with Gasteiger partial charge >= 0.3 is 5.97 Å². The van der Waals surface area contributed by atoms with Crippen LogP contribution < -0.4 is 38.3 Å². The van der Waals surface area contributed by atoms with Gasteiger partial charge in [-0.2, -0.15) is 4.98 Å². The number of carbonyl (C=O) groups excluding carboxylic acids is 2. The van der Waals surface area contributed by atoms with Gasteiger partial charge in [-0.3, -0.25) is 19.4 Å². The Balaban J connectivity index is 1.54. The van der Waals surface area contributed by atoms with E-state index in [9.17, 15) is 24.3 Å². The summed E-state index contributed by atoms with van der Waals surface area (Å²) in [6, 6.07) is 5.11. The van der Waals surface area contributed by atoms with Crippen molar-refractivity contribution in [2.24, 2.45) is 5.73 Å². The van der Waals surface area contributed by atoms with Crippen molar-refractivity contribution < 1.29 is 19.5 Å². The third kappa shape index (κ3) is 5.65. The number of carboxylic acid groups (broad SMARTS) is 1. The Morgan fingerprint density at radius 2 is 1.97 bits per heavy atom. The van der Waals surface area contributed by atoms with Gasteiger partial charge in [0.1, 0.15) is 11.7 Å². The van der Waals surface area contributed by atoms with Gasteiger partial charge in [0.05, 0.1) is 6.04 Å². The van der Waals surface area contributed by atoms with E-state index in [0.29, 0.717) is 24.6 Å². The van der Waals surface area contributed by atoms with Gasteiger partial charge in [-0.1, -0.05) is 0 Å². The van der Waals surface area contributed by atoms with E-state index in [-0.39, 0.29) is 36.0 Å². The molecule has 10 N–H and O–H groups in total. The monoisotopic (exact) mass is 444 g/mol. The number of H-pyrrole nitrogens is 1. The molecule has 1 aliphatic rings. The summed E-state index contributed by atoms with van der Waals surface area (Å²) in [4.78, 5) is 52.9. The SMILES string of the molecule is NC(=O)CC[C@H](NC(=O)c1ccc(NC[C@H]2CNc3nc(N)[nH]c(=O)c3N2)cc1)C(=O)O. The number of carbonyl (C=O) groups is 3. The molecule has 0 aliphatic carbocycles. The zero-order valence-corrected chi connectivity index (χ0v) is 17.0. The molecule has 0 spiro atoms. The number of benzene rings is 1. The number of nitrogens with zero attached hydrogens (tertiary/aromatic N) is 1. The quantitative estimate of drug-likeness (QED) is 0.239. The molecule has 0 unspecified atom stereocenters. The van der Waals surface area contributed by atoms with E-state index < -0.39 is 23.8 Å². The highest BCUT2D eigenvalue weighted by atomic mass is 16.4. The first kappa shape index (κ1) is 22.4. The first-order chi connectivity index (χ1) is 15.2. The Hall–Kier alpha value is -4.29. The number of anilines is 4. The van der Waals surface area contributed by atoms with Crippen LogP contribution in [-0.4, -0.2) is 58.0 Å². The summed E-state index contributed by atoms with van der Waals surface area (Å²) >= 11 is 0. The molecule has 0 saturated carbocycles. The van der Waals surface area contributed by atoms with Gasteiger partial charge < -0.3 is 37.8 Å². The Morgan fingerprint density at radius 3 is 2.62 bits per heavy atom. The Bertz CT molecular complexity index is 1070. The maximum absolute atomic E-state index is 12.3. The second kappa shape index (κ2) is 9.68. The second-order valence-corrected chi connectivity index (χ2v) is 7.22. The first-order valence-corrected chi connectivity index (χ1v) is 9.79. The maximum atomic E-state index is 12.3. The first-order valence-electron chi connectivity index (χ1n) is 9.79. The highest BCUT2D eigenvalue weighted by Gasteiger charge is 2.22. The molecule has 13 nitrogen and oxygen atoms in total. The number of aliphatic carboxylic acids is 1. The van der Waals surface area contributed by atoms with Crippen LogP contribution in [0.25, 0.3) is 0 Å². The number of aromatic amines is 1. The highest BCUT2D eigenvalue weighted by Crippen LogP contribution is 2.20. The fourth-order valence-corrected chi connectivity index (χ4v) is 3.12. The van der Waals surface area contributed by atoms with Crippen molar-refractivity contribution in [1.82, 2.24) is 15.3 Å². The lowest BCUT2D eigenvalue weighted by Gasteiger charge is -2.27. The van der Waals surface area contributed by atoms with Crippen LogP contribution in [0.2, 0.25) is 0 Å². The molecular weight excluding hydrogens is 420 g/mol. The molecule has 1 aromatic heterocycles. The van der Waals surface area contributed by atoms with E-state index in [1.165, 1.54) is 0 Å². The van der Waals surface area contributed by atoms with Crippen LogP contribution in [0.3, 0.4) is 0 Å². The molecule has 1 aromatic carbocycles. The van der Waals surface area contributed by atoms with Crippen LogP contribution in [-0.2, 0) is 9.59 Å². The molecule has 170 valence electrons. The minimum absolute atomic E-state index is 0.0336. The third-order valence-electron chi connectivity index (χ3n) is 4.78. The number of fused-ring (bicyclic) bond motifs is 1. The van der Waals surface area contributed by atoms with E-state index in [0.717, 1.165) is 5.69 Å². The number of nitrogens with two attached hydrogens (primary N) is 2. The number of amides is 2. The summed E-state index contributed by atoms with van der Waals surface area (Å²) in [5, 5.41) is 20.9. The zero-order chi connectivity index (χ0) is 23.3. The normalized spacial score (nSPS) is 15.4. The highest BCUT2D eigenvalue weighted by molar-refractivity contribution is 5.97. The largest absolute Gasteiger partial charge is 0.480 e. The molecule has 2 heterocycles. The van der Waals surface area contributed by atoms with Crippen LogP contribution in [0.1, 0.15) is 23.2 Å². The van der Waals surface area contributed by atoms with Crippen LogP contribution in [0.15, 0.2) is 29.1 Å². The van der Waals surface area contributed by atoms with Crippen molar-refractivity contribution in [3.05, 3.63) is 40.2 Å². The summed E-state index contributed by atoms with van der Waals surface area (Å²) in [7, 11) is 0. The van der Waals surface area contributed by atoms with Crippen LogP contribution >= 0.6 is 0 Å². The smallest absolute Gasteiger partial charge is 0.326 e. The predicted octanol–water partition coefficient (Wildman–Crippen LogP) is -0.881. The minimum atomic E-state index is -1.25. The van der Waals surface area contributed by atoms with E-state index in [2.05, 4.69) is 31.2 Å². The summed E-state index contributed by atoms with van der Waals surface area (Å²) in [6.07, 6.45) is -0.240. The molecule has 1 aliphatic heterocycles. The Labute approximate surface area is 182 Å². The molecule has 0 fully saturated rings. The van der Waals surface area contributed by atoms with E-state index in [1.807, 2.05) is 0 Å². The van der Waals surface area contributed by atoms with Crippen molar-refractivity contribution >= 4 is 40.9 Å². The van der Waals surface area contributed by atoms with Gasteiger partial charge in [0.25, 0.3) is 11.5 Å². The van der Waals surface area contributed by atoms with Crippen LogP contribution in [0.5, 0.6) is 0 Å². The van der Waals surface area contributed by atoms with Crippen LogP contribution in [0, 0.1) is 0 Å². The molecule has 2 atom stereocenters. The molecular formula is C19H24N8O5. The second-order valence-electron chi connectivity index (χ2n) is 7.22. The number of nitrogen functional groups attached to an aromatic ring is 1. The lowest BCUT2D eigenvalue weighted by molar-refractivity contribution is -0.139. The fraction of sp³-hybridized carbons (Fsp3) is 0.316. The molecule has 2 amide bonds. The number of primary amides is 1. The maximum Gasteiger partial charge on any atom is 0.326 e. The topological polar surface area (TPSA) is 217 Å². The van der Waals surface area contributed by atoms with Gasteiger partial charge in [0, 0.05) is 30.8 Å². The summed E-state index contributed by atoms with van der Waals surface area (Å²) in [6.45, 7) is 0.980. The molecule has 13 heteroatoms. The summed E-state index contributed by atoms with van der Waals surface area (Å²) in [5.74, 6) is -2.03. The van der Waals surface area contributed by atoms with E-state index in [4.69, 9.17) is 11.5 Å².